The lowest BCUT2D eigenvalue weighted by Gasteiger charge is -2.42. The number of carbonyl (C=O) groups is 1. The van der Waals surface area contributed by atoms with Crippen LogP contribution < -0.4 is 10.1 Å². The third-order valence-electron chi connectivity index (χ3n) is 4.93. The van der Waals surface area contributed by atoms with Crippen LogP contribution in [-0.4, -0.2) is 87.6 Å². The fraction of sp³-hybridized carbons (Fsp3) is 0.526. The van der Waals surface area contributed by atoms with Crippen LogP contribution >= 0.6 is 0 Å². The average molecular weight is 474 g/mol. The van der Waals surface area contributed by atoms with Crippen molar-refractivity contribution in [3.63, 3.8) is 0 Å². The summed E-state index contributed by atoms with van der Waals surface area (Å²) in [6.45, 7) is 3.01. The summed E-state index contributed by atoms with van der Waals surface area (Å²) in [7, 11) is -6.07. The van der Waals surface area contributed by atoms with Gasteiger partial charge in [-0.3, -0.25) is 4.79 Å². The predicted octanol–water partition coefficient (Wildman–Crippen LogP) is -0.216. The number of nitrogens with one attached hydrogen (secondary N) is 1. The Balaban J connectivity index is 2.21. The highest BCUT2D eigenvalue weighted by atomic mass is 32.2. The molecule has 3 atom stereocenters. The molecule has 3 unspecified atom stereocenters. The molecule has 1 aromatic carbocycles. The van der Waals surface area contributed by atoms with Crippen molar-refractivity contribution < 1.29 is 31.5 Å². The molecule has 0 amide bonds. The molecule has 0 saturated carbocycles. The van der Waals surface area contributed by atoms with Crippen LogP contribution in [0.15, 0.2) is 29.2 Å². The lowest BCUT2D eigenvalue weighted by Crippen LogP contribution is -2.63. The maximum Gasteiger partial charge on any atom is 0.323 e. The smallest absolute Gasteiger partial charge is 0.323 e. The van der Waals surface area contributed by atoms with E-state index in [0.717, 1.165) is 14.9 Å². The first-order valence-electron chi connectivity index (χ1n) is 9.49. The maximum absolute atomic E-state index is 13.1. The van der Waals surface area contributed by atoms with Crippen molar-refractivity contribution in [3.8, 4) is 17.6 Å². The number of hydrogen-bond donors (Lipinski definition) is 2. The summed E-state index contributed by atoms with van der Waals surface area (Å²) in [5, 5.41) is 12.6. The molecule has 1 fully saturated rings. The van der Waals surface area contributed by atoms with E-state index in [0.29, 0.717) is 5.75 Å². The summed E-state index contributed by atoms with van der Waals surface area (Å²) in [6.07, 6.45) is 0.967. The average Bonchev–Trinajstić information content (AvgIpc) is 2.69. The molecule has 0 radical (unpaired) electrons. The number of benzene rings is 1. The Morgan fingerprint density at radius 1 is 1.23 bits per heavy atom. The molecule has 0 aromatic heterocycles. The van der Waals surface area contributed by atoms with E-state index >= 15 is 0 Å². The molecule has 1 aromatic rings. The van der Waals surface area contributed by atoms with Crippen LogP contribution in [0.3, 0.4) is 0 Å². The Kier molecular flexibility index (Phi) is 8.07. The lowest BCUT2D eigenvalue weighted by molar-refractivity contribution is -0.144. The second-order valence-electron chi connectivity index (χ2n) is 7.10. The van der Waals surface area contributed by atoms with Crippen LogP contribution in [0.25, 0.3) is 0 Å². The first-order valence-corrected chi connectivity index (χ1v) is 12.8. The van der Waals surface area contributed by atoms with Gasteiger partial charge in [-0.15, -0.1) is 0 Å². The van der Waals surface area contributed by atoms with Gasteiger partial charge in [-0.25, -0.2) is 16.8 Å². The number of carboxylic acid groups (broad SMARTS) is 1. The number of nitrogens with zero attached hydrogens (tertiary/aromatic N) is 2. The van der Waals surface area contributed by atoms with Crippen molar-refractivity contribution in [2.45, 2.75) is 36.9 Å². The molecule has 0 spiro atoms. The van der Waals surface area contributed by atoms with Gasteiger partial charge in [0.05, 0.1) is 17.2 Å². The maximum atomic E-state index is 13.1. The number of carboxylic acids is 1. The van der Waals surface area contributed by atoms with E-state index in [9.17, 15) is 26.7 Å². The number of hydrogen-bond acceptors (Lipinski definition) is 7. The van der Waals surface area contributed by atoms with Crippen LogP contribution in [0.4, 0.5) is 0 Å². The molecule has 2 N–H and O–H groups in total. The molecule has 1 aliphatic heterocycles. The Bertz CT molecular complexity index is 1060. The zero-order chi connectivity index (χ0) is 23.4. The highest BCUT2D eigenvalue weighted by Crippen LogP contribution is 2.27. The number of ether oxygens (including phenoxy) is 1. The van der Waals surface area contributed by atoms with Gasteiger partial charge in [-0.05, 0) is 45.2 Å². The second kappa shape index (κ2) is 9.97. The van der Waals surface area contributed by atoms with Crippen molar-refractivity contribution in [1.82, 2.24) is 13.9 Å². The van der Waals surface area contributed by atoms with Gasteiger partial charge in [0.25, 0.3) is 0 Å². The lowest BCUT2D eigenvalue weighted by atomic mass is 10.1. The standard InChI is InChI=1S/C19H27N3O7S2/c1-14(20-3)6-5-13-29-16-7-9-17(10-8-16)31(27,28)22-12-11-21(30(4,25)26)15(2)18(22)19(23)24/h7-10,14-15,18,20H,11-13H2,1-4H3,(H,23,24). The van der Waals surface area contributed by atoms with E-state index in [-0.39, 0.29) is 30.6 Å². The van der Waals surface area contributed by atoms with E-state index in [4.69, 9.17) is 4.74 Å². The van der Waals surface area contributed by atoms with Gasteiger partial charge in [-0.1, -0.05) is 11.8 Å². The Hall–Kier alpha value is -2.17. The molecular weight excluding hydrogens is 446 g/mol. The SMILES string of the molecule is CNC(C)C#CCOc1ccc(S(=O)(=O)N2CCN(S(C)(=O)=O)C(C)C2C(=O)O)cc1. The van der Waals surface area contributed by atoms with Gasteiger partial charge in [0, 0.05) is 19.1 Å². The molecule has 172 valence electrons. The van der Waals surface area contributed by atoms with E-state index in [1.54, 1.807) is 7.05 Å². The van der Waals surface area contributed by atoms with Crippen molar-refractivity contribution in [1.29, 1.82) is 0 Å². The first-order chi connectivity index (χ1) is 14.4. The van der Waals surface area contributed by atoms with Gasteiger partial charge >= 0.3 is 5.97 Å². The van der Waals surface area contributed by atoms with Crippen LogP contribution in [0.1, 0.15) is 13.8 Å². The van der Waals surface area contributed by atoms with Gasteiger partial charge in [-0.2, -0.15) is 8.61 Å². The topological polar surface area (TPSA) is 133 Å². The Morgan fingerprint density at radius 3 is 2.32 bits per heavy atom. The summed E-state index contributed by atoms with van der Waals surface area (Å²) in [6, 6.07) is 2.97. The monoisotopic (exact) mass is 473 g/mol. The molecule has 0 aliphatic carbocycles. The summed E-state index contributed by atoms with van der Waals surface area (Å²) in [5.41, 5.74) is 0. The highest BCUT2D eigenvalue weighted by molar-refractivity contribution is 7.89. The van der Waals surface area contributed by atoms with Gasteiger partial charge in [0.1, 0.15) is 18.4 Å². The van der Waals surface area contributed by atoms with Crippen molar-refractivity contribution in [2.24, 2.45) is 0 Å². The molecule has 1 saturated heterocycles. The third kappa shape index (κ3) is 5.96. The fourth-order valence-corrected chi connectivity index (χ4v) is 6.01. The van der Waals surface area contributed by atoms with Gasteiger partial charge in [0.15, 0.2) is 0 Å². The minimum atomic E-state index is -4.18. The zero-order valence-corrected chi connectivity index (χ0v) is 19.4. The molecule has 10 nitrogen and oxygen atoms in total. The molecular formula is C19H27N3O7S2. The quantitative estimate of drug-likeness (QED) is 0.520. The summed E-state index contributed by atoms with van der Waals surface area (Å²) >= 11 is 0. The fourth-order valence-electron chi connectivity index (χ4n) is 3.23. The second-order valence-corrected chi connectivity index (χ2v) is 10.9. The highest BCUT2D eigenvalue weighted by Gasteiger charge is 2.47. The number of piperazine rings is 1. The van der Waals surface area contributed by atoms with Crippen LogP contribution in [-0.2, 0) is 24.8 Å². The Labute approximate surface area is 183 Å². The number of rotatable bonds is 7. The van der Waals surface area contributed by atoms with Crippen LogP contribution in [0, 0.1) is 11.8 Å². The minimum Gasteiger partial charge on any atom is -0.481 e. The van der Waals surface area contributed by atoms with Crippen molar-refractivity contribution >= 4 is 26.0 Å². The van der Waals surface area contributed by atoms with E-state index in [2.05, 4.69) is 17.2 Å². The number of sulfonamides is 2. The molecule has 1 heterocycles. The summed E-state index contributed by atoms with van der Waals surface area (Å²) < 4.78 is 57.4. The largest absolute Gasteiger partial charge is 0.481 e. The van der Waals surface area contributed by atoms with Crippen LogP contribution in [0.5, 0.6) is 5.75 Å². The van der Waals surface area contributed by atoms with Crippen LogP contribution in [0.2, 0.25) is 0 Å². The molecule has 2 rings (SSSR count). The van der Waals surface area contributed by atoms with Crippen molar-refractivity contribution in [3.05, 3.63) is 24.3 Å². The zero-order valence-electron chi connectivity index (χ0n) is 17.8. The third-order valence-corrected chi connectivity index (χ3v) is 8.20. The van der Waals surface area contributed by atoms with E-state index < -0.39 is 38.1 Å². The summed E-state index contributed by atoms with van der Waals surface area (Å²) in [5.74, 6) is 4.76. The van der Waals surface area contributed by atoms with E-state index in [1.165, 1.54) is 31.2 Å². The Morgan fingerprint density at radius 2 is 1.81 bits per heavy atom. The summed E-state index contributed by atoms with van der Waals surface area (Å²) in [4.78, 5) is 11.7. The molecule has 1 aliphatic rings. The normalized spacial score (nSPS) is 21.7. The molecule has 12 heteroatoms. The van der Waals surface area contributed by atoms with Gasteiger partial charge < -0.3 is 15.2 Å². The predicted molar refractivity (Wildman–Crippen MR) is 115 cm³/mol. The molecule has 31 heavy (non-hydrogen) atoms. The minimum absolute atomic E-state index is 0.0175. The number of aliphatic carboxylic acids is 1. The van der Waals surface area contributed by atoms with E-state index in [1.807, 2.05) is 6.92 Å². The molecule has 0 bridgehead atoms. The van der Waals surface area contributed by atoms with Gasteiger partial charge in [0.2, 0.25) is 20.0 Å². The van der Waals surface area contributed by atoms with Crippen molar-refractivity contribution in [2.75, 3.05) is 33.0 Å². The first kappa shape index (κ1) is 25.1.